The van der Waals surface area contributed by atoms with Crippen LogP contribution in [0, 0.1) is 6.92 Å². The molecule has 2 amide bonds. The number of likely N-dealkylation sites (N-methyl/N-ethyl adjacent to an activating group) is 1. The third-order valence-corrected chi connectivity index (χ3v) is 6.53. The summed E-state index contributed by atoms with van der Waals surface area (Å²) in [6.45, 7) is 4.63. The predicted molar refractivity (Wildman–Crippen MR) is 109 cm³/mol. The maximum absolute atomic E-state index is 13.2. The lowest BCUT2D eigenvalue weighted by Crippen LogP contribution is -2.57. The molecule has 0 saturated carbocycles. The normalized spacial score (nSPS) is 24.0. The van der Waals surface area contributed by atoms with Crippen molar-refractivity contribution in [3.63, 3.8) is 0 Å². The molecule has 2 aliphatic heterocycles. The fourth-order valence-corrected chi connectivity index (χ4v) is 4.34. The first-order valence-corrected chi connectivity index (χ1v) is 11.8. The molecular weight excluding hydrogens is 394 g/mol. The Morgan fingerprint density at radius 2 is 1.76 bits per heavy atom. The smallest absolute Gasteiger partial charge is 0.254 e. The van der Waals surface area contributed by atoms with Crippen LogP contribution in [-0.4, -0.2) is 99.4 Å². The maximum Gasteiger partial charge on any atom is 0.254 e. The first-order valence-electron chi connectivity index (χ1n) is 9.78. The molecule has 9 heteroatoms. The number of benzene rings is 1. The van der Waals surface area contributed by atoms with Crippen LogP contribution in [0.3, 0.4) is 0 Å². The van der Waals surface area contributed by atoms with Gasteiger partial charge in [-0.05, 0) is 12.5 Å². The second kappa shape index (κ2) is 8.81. The molecule has 2 aliphatic rings. The zero-order valence-corrected chi connectivity index (χ0v) is 18.0. The van der Waals surface area contributed by atoms with E-state index in [2.05, 4.69) is 4.90 Å². The lowest BCUT2D eigenvalue weighted by atomic mass is 9.96. The third kappa shape index (κ3) is 5.34. The largest absolute Gasteiger partial charge is 0.356 e. The van der Waals surface area contributed by atoms with Crippen molar-refractivity contribution in [2.24, 2.45) is 0 Å². The van der Waals surface area contributed by atoms with Crippen molar-refractivity contribution in [3.8, 4) is 0 Å². The molecule has 0 radical (unpaired) electrons. The van der Waals surface area contributed by atoms with Crippen LogP contribution in [0.15, 0.2) is 24.3 Å². The van der Waals surface area contributed by atoms with E-state index in [9.17, 15) is 18.0 Å². The Hall–Kier alpha value is -1.97. The number of hydrogen-bond acceptors (Lipinski definition) is 6. The van der Waals surface area contributed by atoms with Crippen molar-refractivity contribution in [2.75, 3.05) is 58.4 Å². The minimum atomic E-state index is -3.00. The van der Waals surface area contributed by atoms with Crippen molar-refractivity contribution >= 4 is 21.7 Å². The van der Waals surface area contributed by atoms with Gasteiger partial charge < -0.3 is 14.5 Å². The summed E-state index contributed by atoms with van der Waals surface area (Å²) in [5.74, 6) is -0.155. The van der Waals surface area contributed by atoms with Gasteiger partial charge in [-0.15, -0.1) is 0 Å². The van der Waals surface area contributed by atoms with Gasteiger partial charge in [0.2, 0.25) is 5.91 Å². The van der Waals surface area contributed by atoms with Crippen molar-refractivity contribution in [2.45, 2.75) is 19.1 Å². The first-order chi connectivity index (χ1) is 13.7. The number of aryl methyl sites for hydroxylation is 1. The molecule has 2 heterocycles. The molecule has 3 rings (SSSR count). The lowest BCUT2D eigenvalue weighted by molar-refractivity contribution is -0.168. The summed E-state index contributed by atoms with van der Waals surface area (Å²) in [6, 6.07) is 7.32. The fraction of sp³-hybridized carbons (Fsp3) is 0.600. The SMILES string of the molecule is Cc1ccc(C2C(C(=O)N3CCN(CCS(C)(=O)=O)CC3)OCC(=O)N2C)cc1. The molecule has 0 N–H and O–H groups in total. The van der Waals surface area contributed by atoms with Gasteiger partial charge in [0.15, 0.2) is 6.10 Å². The van der Waals surface area contributed by atoms with Gasteiger partial charge in [0, 0.05) is 46.0 Å². The standard InChI is InChI=1S/C20H29N3O5S/c1-15-4-6-16(7-5-15)18-19(28-14-17(24)21(18)2)20(25)23-10-8-22(9-11-23)12-13-29(3,26)27/h4-7,18-19H,8-14H2,1-3H3. The number of sulfone groups is 1. The molecule has 1 aromatic carbocycles. The molecule has 0 spiro atoms. The Labute approximate surface area is 172 Å². The van der Waals surface area contributed by atoms with Crippen molar-refractivity contribution < 1.29 is 22.7 Å². The molecule has 8 nitrogen and oxygen atoms in total. The second-order valence-electron chi connectivity index (χ2n) is 7.89. The van der Waals surface area contributed by atoms with E-state index in [1.54, 1.807) is 16.8 Å². The van der Waals surface area contributed by atoms with Crippen LogP contribution >= 0.6 is 0 Å². The number of ether oxygens (including phenoxy) is 1. The Balaban J connectivity index is 1.68. The van der Waals surface area contributed by atoms with Crippen LogP contribution in [-0.2, 0) is 24.2 Å². The Morgan fingerprint density at radius 1 is 1.14 bits per heavy atom. The summed E-state index contributed by atoms with van der Waals surface area (Å²) in [5.41, 5.74) is 1.98. The van der Waals surface area contributed by atoms with Gasteiger partial charge in [-0.1, -0.05) is 29.8 Å². The lowest BCUT2D eigenvalue weighted by Gasteiger charge is -2.42. The zero-order valence-electron chi connectivity index (χ0n) is 17.2. The molecule has 0 bridgehead atoms. The number of nitrogens with zero attached hydrogens (tertiary/aromatic N) is 3. The second-order valence-corrected chi connectivity index (χ2v) is 10.1. The van der Waals surface area contributed by atoms with Gasteiger partial charge in [-0.2, -0.15) is 0 Å². The summed E-state index contributed by atoms with van der Waals surface area (Å²) >= 11 is 0. The Morgan fingerprint density at radius 3 is 2.34 bits per heavy atom. The van der Waals surface area contributed by atoms with Gasteiger partial charge in [0.25, 0.3) is 5.91 Å². The summed E-state index contributed by atoms with van der Waals surface area (Å²) in [4.78, 5) is 30.8. The third-order valence-electron chi connectivity index (χ3n) is 5.61. The average Bonchev–Trinajstić information content (AvgIpc) is 2.68. The highest BCUT2D eigenvalue weighted by Crippen LogP contribution is 2.30. The molecule has 29 heavy (non-hydrogen) atoms. The highest BCUT2D eigenvalue weighted by atomic mass is 32.2. The van der Waals surface area contributed by atoms with E-state index in [-0.39, 0.29) is 24.2 Å². The van der Waals surface area contributed by atoms with Crippen LogP contribution in [0.1, 0.15) is 17.2 Å². The van der Waals surface area contributed by atoms with Crippen molar-refractivity contribution in [1.82, 2.24) is 14.7 Å². The minimum absolute atomic E-state index is 0.108. The monoisotopic (exact) mass is 423 g/mol. The van der Waals surface area contributed by atoms with Crippen LogP contribution < -0.4 is 0 Å². The van der Waals surface area contributed by atoms with Gasteiger partial charge in [0.1, 0.15) is 16.4 Å². The summed E-state index contributed by atoms with van der Waals surface area (Å²) in [6.07, 6.45) is 0.485. The fourth-order valence-electron chi connectivity index (χ4n) is 3.75. The van der Waals surface area contributed by atoms with Gasteiger partial charge in [0.05, 0.1) is 11.8 Å². The number of rotatable bonds is 5. The van der Waals surface area contributed by atoms with Gasteiger partial charge >= 0.3 is 0 Å². The van der Waals surface area contributed by atoms with Crippen LogP contribution in [0.25, 0.3) is 0 Å². The van der Waals surface area contributed by atoms with Gasteiger partial charge in [-0.25, -0.2) is 8.42 Å². The molecule has 0 aliphatic carbocycles. The topological polar surface area (TPSA) is 87.2 Å². The highest BCUT2D eigenvalue weighted by Gasteiger charge is 2.42. The van der Waals surface area contributed by atoms with E-state index in [0.29, 0.717) is 32.7 Å². The number of carbonyl (C=O) groups excluding carboxylic acids is 2. The maximum atomic E-state index is 13.2. The Kier molecular flexibility index (Phi) is 6.60. The van der Waals surface area contributed by atoms with Crippen molar-refractivity contribution in [3.05, 3.63) is 35.4 Å². The summed E-state index contributed by atoms with van der Waals surface area (Å²) < 4.78 is 28.4. The van der Waals surface area contributed by atoms with E-state index in [0.717, 1.165) is 11.1 Å². The van der Waals surface area contributed by atoms with Crippen molar-refractivity contribution in [1.29, 1.82) is 0 Å². The molecule has 160 valence electrons. The number of amides is 2. The van der Waals surface area contributed by atoms with Crippen LogP contribution in [0.4, 0.5) is 0 Å². The number of morpholine rings is 1. The molecule has 2 fully saturated rings. The quantitative estimate of drug-likeness (QED) is 0.667. The minimum Gasteiger partial charge on any atom is -0.356 e. The number of hydrogen-bond donors (Lipinski definition) is 0. The van der Waals surface area contributed by atoms with E-state index in [4.69, 9.17) is 4.74 Å². The van der Waals surface area contributed by atoms with E-state index < -0.39 is 22.0 Å². The average molecular weight is 424 g/mol. The molecule has 0 aromatic heterocycles. The zero-order chi connectivity index (χ0) is 21.2. The molecular formula is C20H29N3O5S. The number of piperazine rings is 1. The van der Waals surface area contributed by atoms with E-state index >= 15 is 0 Å². The van der Waals surface area contributed by atoms with Gasteiger partial charge in [-0.3, -0.25) is 14.5 Å². The first kappa shape index (κ1) is 21.7. The molecule has 1 aromatic rings. The molecule has 2 saturated heterocycles. The highest BCUT2D eigenvalue weighted by molar-refractivity contribution is 7.90. The predicted octanol–water partition coefficient (Wildman–Crippen LogP) is 0.0821. The molecule has 2 atom stereocenters. The molecule has 2 unspecified atom stereocenters. The Bertz CT molecular complexity index is 847. The summed E-state index contributed by atoms with van der Waals surface area (Å²) in [7, 11) is -1.30. The van der Waals surface area contributed by atoms with E-state index in [1.807, 2.05) is 31.2 Å². The summed E-state index contributed by atoms with van der Waals surface area (Å²) in [5, 5.41) is 0. The number of carbonyl (C=O) groups is 2. The van der Waals surface area contributed by atoms with Crippen LogP contribution in [0.5, 0.6) is 0 Å². The van der Waals surface area contributed by atoms with E-state index in [1.165, 1.54) is 6.26 Å². The van der Waals surface area contributed by atoms with Crippen LogP contribution in [0.2, 0.25) is 0 Å².